The third kappa shape index (κ3) is 4.43. The lowest BCUT2D eigenvalue weighted by atomic mass is 10.2. The third-order valence-corrected chi connectivity index (χ3v) is 1.83. The van der Waals surface area contributed by atoms with E-state index in [1.807, 2.05) is 0 Å². The van der Waals surface area contributed by atoms with Crippen molar-refractivity contribution >= 4 is 11.9 Å². The molecule has 0 fully saturated rings. The Balaban J connectivity index is 4.74. The highest BCUT2D eigenvalue weighted by Gasteiger charge is 2.15. The van der Waals surface area contributed by atoms with Crippen LogP contribution in [0.5, 0.6) is 0 Å². The van der Waals surface area contributed by atoms with Gasteiger partial charge in [0.2, 0.25) is 0 Å². The Kier molecular flexibility index (Phi) is 5.59. The fourth-order valence-electron chi connectivity index (χ4n) is 1.02. The van der Waals surface area contributed by atoms with E-state index in [0.717, 1.165) is 0 Å². The predicted octanol–water partition coefficient (Wildman–Crippen LogP) is -0.786. The van der Waals surface area contributed by atoms with Gasteiger partial charge in [0.15, 0.2) is 5.57 Å². The SMILES string of the molecule is CCN(CC(=O)O)C/C(O)=C(\C#N)C(N)=O. The molecule has 0 aliphatic carbocycles. The summed E-state index contributed by atoms with van der Waals surface area (Å²) in [6.45, 7) is 1.55. The molecule has 4 N–H and O–H groups in total. The molecule has 0 atom stereocenters. The van der Waals surface area contributed by atoms with Gasteiger partial charge in [0.25, 0.3) is 5.91 Å². The summed E-state index contributed by atoms with van der Waals surface area (Å²) in [6.07, 6.45) is 0. The molecule has 0 aliphatic rings. The van der Waals surface area contributed by atoms with Crippen molar-refractivity contribution in [2.24, 2.45) is 5.73 Å². The van der Waals surface area contributed by atoms with Crippen molar-refractivity contribution in [1.29, 1.82) is 5.26 Å². The summed E-state index contributed by atoms with van der Waals surface area (Å²) in [4.78, 5) is 22.5. The fourth-order valence-corrected chi connectivity index (χ4v) is 1.02. The van der Waals surface area contributed by atoms with E-state index in [4.69, 9.17) is 16.1 Å². The van der Waals surface area contributed by atoms with Crippen LogP contribution >= 0.6 is 0 Å². The van der Waals surface area contributed by atoms with Crippen LogP contribution in [-0.4, -0.2) is 46.6 Å². The molecule has 0 radical (unpaired) electrons. The number of carbonyl (C=O) groups is 2. The Morgan fingerprint density at radius 3 is 2.25 bits per heavy atom. The average Bonchev–Trinajstić information content (AvgIpc) is 2.16. The molecule has 0 aromatic carbocycles. The van der Waals surface area contributed by atoms with Crippen LogP contribution in [0.25, 0.3) is 0 Å². The minimum Gasteiger partial charge on any atom is -0.509 e. The largest absolute Gasteiger partial charge is 0.509 e. The molecule has 0 heterocycles. The van der Waals surface area contributed by atoms with E-state index in [1.54, 1.807) is 6.92 Å². The smallest absolute Gasteiger partial charge is 0.317 e. The number of carboxylic acid groups (broad SMARTS) is 1. The summed E-state index contributed by atoms with van der Waals surface area (Å²) in [5.74, 6) is -2.61. The van der Waals surface area contributed by atoms with E-state index in [2.05, 4.69) is 0 Å². The molecule has 0 bridgehead atoms. The zero-order chi connectivity index (χ0) is 12.7. The van der Waals surface area contributed by atoms with Crippen molar-refractivity contribution in [3.63, 3.8) is 0 Å². The Labute approximate surface area is 92.4 Å². The lowest BCUT2D eigenvalue weighted by molar-refractivity contribution is -0.138. The molecular weight excluding hydrogens is 214 g/mol. The van der Waals surface area contributed by atoms with E-state index in [0.29, 0.717) is 6.54 Å². The Hall–Kier alpha value is -2.07. The maximum Gasteiger partial charge on any atom is 0.317 e. The molecule has 0 saturated carbocycles. The van der Waals surface area contributed by atoms with Crippen LogP contribution in [0.15, 0.2) is 11.3 Å². The number of primary amides is 1. The molecule has 0 aromatic heterocycles. The van der Waals surface area contributed by atoms with Gasteiger partial charge >= 0.3 is 5.97 Å². The van der Waals surface area contributed by atoms with Crippen molar-refractivity contribution in [3.05, 3.63) is 11.3 Å². The van der Waals surface area contributed by atoms with E-state index in [-0.39, 0.29) is 13.1 Å². The van der Waals surface area contributed by atoms with Gasteiger partial charge in [0.05, 0.1) is 13.1 Å². The number of aliphatic carboxylic acids is 1. The summed E-state index contributed by atoms with van der Waals surface area (Å²) in [5.41, 5.74) is 4.30. The van der Waals surface area contributed by atoms with Crippen LogP contribution < -0.4 is 5.73 Å². The second kappa shape index (κ2) is 6.42. The van der Waals surface area contributed by atoms with Crippen molar-refractivity contribution in [3.8, 4) is 6.07 Å². The van der Waals surface area contributed by atoms with Gasteiger partial charge in [-0.3, -0.25) is 14.5 Å². The number of carbonyl (C=O) groups excluding carboxylic acids is 1. The van der Waals surface area contributed by atoms with Crippen molar-refractivity contribution < 1.29 is 19.8 Å². The van der Waals surface area contributed by atoms with Crippen molar-refractivity contribution in [1.82, 2.24) is 4.90 Å². The van der Waals surface area contributed by atoms with Crippen LogP contribution in [0, 0.1) is 11.3 Å². The summed E-state index contributed by atoms with van der Waals surface area (Å²) >= 11 is 0. The molecule has 0 saturated heterocycles. The fraction of sp³-hybridized carbons (Fsp3) is 0.444. The minimum atomic E-state index is -1.06. The number of aliphatic hydroxyl groups excluding tert-OH is 1. The standard InChI is InChI=1S/C9H13N3O4/c1-2-12(5-8(14)15)4-7(13)6(3-10)9(11)16/h13H,2,4-5H2,1H3,(H2,11,16)(H,14,15)/b7-6-. The second-order valence-electron chi connectivity index (χ2n) is 2.99. The Bertz CT molecular complexity index is 356. The number of amides is 1. The monoisotopic (exact) mass is 227 g/mol. The molecule has 7 nitrogen and oxygen atoms in total. The number of carboxylic acids is 1. The van der Waals surface area contributed by atoms with Crippen LogP contribution in [0.2, 0.25) is 0 Å². The minimum absolute atomic E-state index is 0.200. The number of rotatable bonds is 6. The highest BCUT2D eigenvalue weighted by molar-refractivity contribution is 5.96. The van der Waals surface area contributed by atoms with Crippen LogP contribution in [-0.2, 0) is 9.59 Å². The Morgan fingerprint density at radius 2 is 1.94 bits per heavy atom. The van der Waals surface area contributed by atoms with Gasteiger partial charge in [-0.05, 0) is 6.54 Å². The Morgan fingerprint density at radius 1 is 1.38 bits per heavy atom. The first-order valence-corrected chi connectivity index (χ1v) is 4.48. The normalized spacial score (nSPS) is 11.8. The zero-order valence-electron chi connectivity index (χ0n) is 8.80. The van der Waals surface area contributed by atoms with E-state index >= 15 is 0 Å². The molecule has 88 valence electrons. The first-order chi connectivity index (χ1) is 7.42. The molecular formula is C9H13N3O4. The van der Waals surface area contributed by atoms with Gasteiger partial charge in [-0.25, -0.2) is 0 Å². The number of nitriles is 1. The highest BCUT2D eigenvalue weighted by atomic mass is 16.4. The average molecular weight is 227 g/mol. The van der Waals surface area contributed by atoms with Crippen LogP contribution in [0.3, 0.4) is 0 Å². The molecule has 0 aliphatic heterocycles. The lowest BCUT2D eigenvalue weighted by Crippen LogP contribution is -2.32. The van der Waals surface area contributed by atoms with E-state index in [1.165, 1.54) is 11.0 Å². The van der Waals surface area contributed by atoms with Gasteiger partial charge in [-0.1, -0.05) is 6.92 Å². The summed E-state index contributed by atoms with van der Waals surface area (Å²) < 4.78 is 0. The zero-order valence-corrected chi connectivity index (χ0v) is 8.80. The number of aliphatic hydroxyl groups is 1. The molecule has 0 aromatic rings. The lowest BCUT2D eigenvalue weighted by Gasteiger charge is -2.17. The molecule has 16 heavy (non-hydrogen) atoms. The van der Waals surface area contributed by atoms with Gasteiger partial charge < -0.3 is 15.9 Å². The van der Waals surface area contributed by atoms with Crippen LogP contribution in [0.4, 0.5) is 0 Å². The molecule has 7 heteroatoms. The second-order valence-corrected chi connectivity index (χ2v) is 2.99. The van der Waals surface area contributed by atoms with Crippen molar-refractivity contribution in [2.75, 3.05) is 19.6 Å². The highest BCUT2D eigenvalue weighted by Crippen LogP contribution is 2.02. The maximum absolute atomic E-state index is 10.7. The number of hydrogen-bond donors (Lipinski definition) is 3. The third-order valence-electron chi connectivity index (χ3n) is 1.83. The van der Waals surface area contributed by atoms with Gasteiger partial charge in [0.1, 0.15) is 11.8 Å². The van der Waals surface area contributed by atoms with Gasteiger partial charge in [-0.2, -0.15) is 5.26 Å². The quantitative estimate of drug-likeness (QED) is 0.310. The molecule has 0 spiro atoms. The molecule has 1 amide bonds. The van der Waals surface area contributed by atoms with E-state index in [9.17, 15) is 14.7 Å². The summed E-state index contributed by atoms with van der Waals surface area (Å²) in [7, 11) is 0. The van der Waals surface area contributed by atoms with Gasteiger partial charge in [-0.15, -0.1) is 0 Å². The number of likely N-dealkylation sites (N-methyl/N-ethyl adjacent to an activating group) is 1. The summed E-state index contributed by atoms with van der Waals surface area (Å²) in [5, 5.41) is 26.5. The van der Waals surface area contributed by atoms with Gasteiger partial charge in [0, 0.05) is 0 Å². The van der Waals surface area contributed by atoms with E-state index < -0.39 is 23.2 Å². The molecule has 0 unspecified atom stereocenters. The maximum atomic E-state index is 10.7. The first kappa shape index (κ1) is 13.9. The molecule has 0 rings (SSSR count). The summed E-state index contributed by atoms with van der Waals surface area (Å²) in [6, 6.07) is 1.47. The topological polar surface area (TPSA) is 128 Å². The first-order valence-electron chi connectivity index (χ1n) is 4.48. The van der Waals surface area contributed by atoms with Crippen molar-refractivity contribution in [2.45, 2.75) is 6.92 Å². The number of nitrogens with two attached hydrogens (primary N) is 1. The number of hydrogen-bond acceptors (Lipinski definition) is 5. The van der Waals surface area contributed by atoms with Crippen LogP contribution in [0.1, 0.15) is 6.92 Å². The predicted molar refractivity (Wildman–Crippen MR) is 54.2 cm³/mol. The number of nitrogens with zero attached hydrogens (tertiary/aromatic N) is 2.